The third-order valence-electron chi connectivity index (χ3n) is 4.29. The van der Waals surface area contributed by atoms with Crippen molar-refractivity contribution in [3.05, 3.63) is 29.8 Å². The van der Waals surface area contributed by atoms with Crippen molar-refractivity contribution in [3.63, 3.8) is 0 Å². The molecule has 1 N–H and O–H groups in total. The van der Waals surface area contributed by atoms with Crippen LogP contribution in [0.5, 0.6) is 0 Å². The molecule has 1 heterocycles. The van der Waals surface area contributed by atoms with Gasteiger partial charge in [-0.1, -0.05) is 25.1 Å². The van der Waals surface area contributed by atoms with Gasteiger partial charge in [-0.05, 0) is 18.1 Å². The van der Waals surface area contributed by atoms with E-state index in [1.54, 1.807) is 11.9 Å². The molecule has 1 aliphatic heterocycles. The van der Waals surface area contributed by atoms with Gasteiger partial charge in [-0.25, -0.2) is 0 Å². The van der Waals surface area contributed by atoms with Crippen LogP contribution in [0.2, 0.25) is 0 Å². The van der Waals surface area contributed by atoms with Crippen molar-refractivity contribution in [2.24, 2.45) is 0 Å². The number of anilines is 1. The van der Waals surface area contributed by atoms with Crippen LogP contribution in [0, 0.1) is 0 Å². The Balaban J connectivity index is 1.71. The number of hydrogen-bond donors (Lipinski definition) is 1. The monoisotopic (exact) mass is 393 g/mol. The van der Waals surface area contributed by atoms with E-state index in [1.165, 1.54) is 16.7 Å². The number of ether oxygens (including phenoxy) is 1. The van der Waals surface area contributed by atoms with E-state index in [0.29, 0.717) is 26.3 Å². The van der Waals surface area contributed by atoms with Crippen molar-refractivity contribution in [1.82, 2.24) is 9.80 Å². The average Bonchev–Trinajstić information content (AvgIpc) is 2.68. The van der Waals surface area contributed by atoms with Crippen LogP contribution in [-0.2, 0) is 25.5 Å². The van der Waals surface area contributed by atoms with Crippen LogP contribution in [-0.4, -0.2) is 78.9 Å². The lowest BCUT2D eigenvalue weighted by Crippen LogP contribution is -2.42. The summed E-state index contributed by atoms with van der Waals surface area (Å²) >= 11 is 1.27. The molecule has 1 fully saturated rings. The molecular formula is C19H27N3O4S. The SMILES string of the molecule is CCc1ccccc1NC(=O)CN(C)C(=O)CSCC(=O)N1CCOCC1. The smallest absolute Gasteiger partial charge is 0.243 e. The molecule has 0 saturated carbocycles. The second kappa shape index (κ2) is 10.9. The summed E-state index contributed by atoms with van der Waals surface area (Å²) in [5, 5.41) is 2.85. The fraction of sp³-hybridized carbons (Fsp3) is 0.526. The fourth-order valence-electron chi connectivity index (χ4n) is 2.68. The highest BCUT2D eigenvalue weighted by molar-refractivity contribution is 8.00. The Hall–Kier alpha value is -2.06. The van der Waals surface area contributed by atoms with Gasteiger partial charge in [0.05, 0.1) is 31.3 Å². The number of benzene rings is 1. The van der Waals surface area contributed by atoms with Crippen LogP contribution >= 0.6 is 11.8 Å². The normalized spacial score (nSPS) is 13.9. The highest BCUT2D eigenvalue weighted by Crippen LogP contribution is 2.15. The van der Waals surface area contributed by atoms with Crippen LogP contribution in [0.15, 0.2) is 24.3 Å². The fourth-order valence-corrected chi connectivity index (χ4v) is 3.54. The lowest BCUT2D eigenvalue weighted by molar-refractivity contribution is -0.132. The van der Waals surface area contributed by atoms with Gasteiger partial charge in [0, 0.05) is 25.8 Å². The van der Waals surface area contributed by atoms with Crippen molar-refractivity contribution in [1.29, 1.82) is 0 Å². The van der Waals surface area contributed by atoms with Crippen LogP contribution in [0.3, 0.4) is 0 Å². The topological polar surface area (TPSA) is 79.0 Å². The summed E-state index contributed by atoms with van der Waals surface area (Å²) in [5.74, 6) is 0.0450. The number of likely N-dealkylation sites (N-methyl/N-ethyl adjacent to an activating group) is 1. The van der Waals surface area contributed by atoms with Crippen LogP contribution < -0.4 is 5.32 Å². The van der Waals surface area contributed by atoms with Gasteiger partial charge in [0.15, 0.2) is 0 Å². The van der Waals surface area contributed by atoms with Crippen molar-refractivity contribution in [2.75, 3.05) is 56.7 Å². The average molecular weight is 394 g/mol. The van der Waals surface area contributed by atoms with E-state index in [4.69, 9.17) is 4.74 Å². The number of rotatable bonds is 8. The first-order valence-electron chi connectivity index (χ1n) is 9.06. The van der Waals surface area contributed by atoms with Gasteiger partial charge in [-0.15, -0.1) is 11.8 Å². The number of morpholine rings is 1. The van der Waals surface area contributed by atoms with E-state index in [0.717, 1.165) is 17.7 Å². The lowest BCUT2D eigenvalue weighted by Gasteiger charge is -2.26. The van der Waals surface area contributed by atoms with E-state index in [1.807, 2.05) is 31.2 Å². The molecule has 0 spiro atoms. The molecule has 1 aromatic rings. The summed E-state index contributed by atoms with van der Waals surface area (Å²) < 4.78 is 5.22. The van der Waals surface area contributed by atoms with Crippen LogP contribution in [0.4, 0.5) is 5.69 Å². The van der Waals surface area contributed by atoms with E-state index in [9.17, 15) is 14.4 Å². The van der Waals surface area contributed by atoms with Crippen molar-refractivity contribution < 1.29 is 19.1 Å². The third kappa shape index (κ3) is 6.88. The minimum absolute atomic E-state index is 0.0190. The van der Waals surface area contributed by atoms with E-state index < -0.39 is 0 Å². The Bertz CT molecular complexity index is 662. The number of thioether (sulfide) groups is 1. The maximum Gasteiger partial charge on any atom is 0.243 e. The highest BCUT2D eigenvalue weighted by atomic mass is 32.2. The molecule has 1 saturated heterocycles. The van der Waals surface area contributed by atoms with Gasteiger partial charge >= 0.3 is 0 Å². The first-order valence-corrected chi connectivity index (χ1v) is 10.2. The Morgan fingerprint density at radius 2 is 1.89 bits per heavy atom. The van der Waals surface area contributed by atoms with Gasteiger partial charge in [-0.2, -0.15) is 0 Å². The van der Waals surface area contributed by atoms with Gasteiger partial charge in [0.2, 0.25) is 17.7 Å². The zero-order chi connectivity index (χ0) is 19.6. The van der Waals surface area contributed by atoms with Crippen molar-refractivity contribution >= 4 is 35.2 Å². The minimum Gasteiger partial charge on any atom is -0.378 e. The summed E-state index contributed by atoms with van der Waals surface area (Å²) in [7, 11) is 1.60. The molecule has 0 aliphatic carbocycles. The molecule has 8 heteroatoms. The number of carbonyl (C=O) groups excluding carboxylic acids is 3. The van der Waals surface area contributed by atoms with Gasteiger partial charge in [-0.3, -0.25) is 14.4 Å². The molecular weight excluding hydrogens is 366 g/mol. The summed E-state index contributed by atoms with van der Waals surface area (Å²) in [6, 6.07) is 7.61. The molecule has 0 unspecified atom stereocenters. The molecule has 3 amide bonds. The molecule has 0 aromatic heterocycles. The maximum atomic E-state index is 12.2. The van der Waals surface area contributed by atoms with E-state index in [2.05, 4.69) is 5.32 Å². The third-order valence-corrected chi connectivity index (χ3v) is 5.20. The Labute approximate surface area is 164 Å². The molecule has 27 heavy (non-hydrogen) atoms. The Kier molecular flexibility index (Phi) is 8.60. The predicted molar refractivity (Wildman–Crippen MR) is 107 cm³/mol. The Morgan fingerprint density at radius 3 is 2.59 bits per heavy atom. The highest BCUT2D eigenvalue weighted by Gasteiger charge is 2.18. The lowest BCUT2D eigenvalue weighted by atomic mass is 10.1. The molecule has 148 valence electrons. The van der Waals surface area contributed by atoms with E-state index >= 15 is 0 Å². The molecule has 0 bridgehead atoms. The maximum absolute atomic E-state index is 12.2. The van der Waals surface area contributed by atoms with Crippen LogP contribution in [0.1, 0.15) is 12.5 Å². The standard InChI is InChI=1S/C19H27N3O4S/c1-3-15-6-4-5-7-16(15)20-17(23)12-21(2)18(24)13-27-14-19(25)22-8-10-26-11-9-22/h4-7H,3,8-14H2,1-2H3,(H,20,23). The number of hydrogen-bond acceptors (Lipinski definition) is 5. The molecule has 0 radical (unpaired) electrons. The van der Waals surface area contributed by atoms with E-state index in [-0.39, 0.29) is 35.8 Å². The first kappa shape index (κ1) is 21.2. The summed E-state index contributed by atoms with van der Waals surface area (Å²) in [6.45, 7) is 4.34. The van der Waals surface area contributed by atoms with Crippen LogP contribution in [0.25, 0.3) is 0 Å². The predicted octanol–water partition coefficient (Wildman–Crippen LogP) is 1.24. The molecule has 1 aromatic carbocycles. The van der Waals surface area contributed by atoms with Gasteiger partial charge in [0.25, 0.3) is 0 Å². The summed E-state index contributed by atoms with van der Waals surface area (Å²) in [6.07, 6.45) is 0.818. The molecule has 0 atom stereocenters. The Morgan fingerprint density at radius 1 is 1.19 bits per heavy atom. The second-order valence-corrected chi connectivity index (χ2v) is 7.28. The number of aryl methyl sites for hydroxylation is 1. The zero-order valence-corrected chi connectivity index (χ0v) is 16.7. The molecule has 1 aliphatic rings. The minimum atomic E-state index is -0.235. The zero-order valence-electron chi connectivity index (χ0n) is 15.9. The number of nitrogens with one attached hydrogen (secondary N) is 1. The summed E-state index contributed by atoms with van der Waals surface area (Å²) in [4.78, 5) is 39.6. The van der Waals surface area contributed by atoms with Crippen molar-refractivity contribution in [2.45, 2.75) is 13.3 Å². The number of nitrogens with zero attached hydrogens (tertiary/aromatic N) is 2. The first-order chi connectivity index (χ1) is 13.0. The molecule has 2 rings (SSSR count). The number of para-hydroxylation sites is 1. The number of carbonyl (C=O) groups is 3. The number of amides is 3. The van der Waals surface area contributed by atoms with Crippen molar-refractivity contribution in [3.8, 4) is 0 Å². The quantitative estimate of drug-likeness (QED) is 0.719. The van der Waals surface area contributed by atoms with Gasteiger partial charge < -0.3 is 19.9 Å². The second-order valence-electron chi connectivity index (χ2n) is 6.29. The summed E-state index contributed by atoms with van der Waals surface area (Å²) in [5.41, 5.74) is 1.83. The molecule has 7 nitrogen and oxygen atoms in total. The largest absolute Gasteiger partial charge is 0.378 e. The van der Waals surface area contributed by atoms with Gasteiger partial charge in [0.1, 0.15) is 0 Å².